The number of nitriles is 2. The van der Waals surface area contributed by atoms with Crippen molar-refractivity contribution in [2.24, 2.45) is 0 Å². The van der Waals surface area contributed by atoms with Crippen LogP contribution in [0.2, 0.25) is 0 Å². The maximum absolute atomic E-state index is 9.94. The maximum Gasteiger partial charge on any atom is 0.230 e. The summed E-state index contributed by atoms with van der Waals surface area (Å²) in [4.78, 5) is 8.94. The van der Waals surface area contributed by atoms with E-state index in [0.29, 0.717) is 45.0 Å². The highest BCUT2D eigenvalue weighted by atomic mass is 32.2. The highest BCUT2D eigenvalue weighted by molar-refractivity contribution is 7.98. The molecule has 0 saturated carbocycles. The van der Waals surface area contributed by atoms with E-state index < -0.39 is 0 Å². The van der Waals surface area contributed by atoms with Crippen molar-refractivity contribution in [1.29, 1.82) is 10.5 Å². The van der Waals surface area contributed by atoms with Gasteiger partial charge in [0, 0.05) is 11.3 Å². The Labute approximate surface area is 200 Å². The fraction of sp³-hybridized carbons (Fsp3) is 0.120. The molecule has 0 amide bonds. The summed E-state index contributed by atoms with van der Waals surface area (Å²) in [6.45, 7) is 1.81. The smallest absolute Gasteiger partial charge is 0.230 e. The fourth-order valence-corrected chi connectivity index (χ4v) is 4.45. The monoisotopic (exact) mass is 469 g/mol. The van der Waals surface area contributed by atoms with Crippen molar-refractivity contribution in [1.82, 2.24) is 9.97 Å². The zero-order valence-corrected chi connectivity index (χ0v) is 19.2. The standard InChI is InChI=1S/C25H19N5O3S/c1-14-20(29-24(33-14)17-5-3-4-6-21(17)32-2)13-34-25-19(12-27)22(18(11-26)23(28)30-25)15-7-9-16(31)10-8-15/h3-10,31H,13H2,1-2H3,(H2,28,30). The first kappa shape index (κ1) is 22.7. The van der Waals surface area contributed by atoms with Crippen LogP contribution in [0.15, 0.2) is 58.0 Å². The Balaban J connectivity index is 1.71. The highest BCUT2D eigenvalue weighted by Gasteiger charge is 2.22. The minimum atomic E-state index is 0.0265. The minimum Gasteiger partial charge on any atom is -0.508 e. The van der Waals surface area contributed by atoms with E-state index in [9.17, 15) is 15.6 Å². The number of phenolic OH excluding ortho intramolecular Hbond substituents is 1. The van der Waals surface area contributed by atoms with Crippen LogP contribution >= 0.6 is 11.8 Å². The Hall–Kier alpha value is -4.47. The Morgan fingerprint density at radius 3 is 2.44 bits per heavy atom. The Kier molecular flexibility index (Phi) is 6.39. The third-order valence-corrected chi connectivity index (χ3v) is 6.13. The van der Waals surface area contributed by atoms with E-state index in [2.05, 4.69) is 16.0 Å². The summed E-state index contributed by atoms with van der Waals surface area (Å²) in [7, 11) is 1.58. The molecule has 0 radical (unpaired) electrons. The molecule has 0 fully saturated rings. The molecule has 0 aliphatic heterocycles. The maximum atomic E-state index is 9.94. The minimum absolute atomic E-state index is 0.0265. The van der Waals surface area contributed by atoms with Gasteiger partial charge in [0.05, 0.1) is 23.9 Å². The summed E-state index contributed by atoms with van der Waals surface area (Å²) in [5.41, 5.74) is 8.81. The van der Waals surface area contributed by atoms with Crippen LogP contribution in [-0.4, -0.2) is 22.2 Å². The zero-order chi connectivity index (χ0) is 24.2. The molecule has 2 heterocycles. The second-order valence-corrected chi connectivity index (χ2v) is 8.17. The summed E-state index contributed by atoms with van der Waals surface area (Å²) >= 11 is 1.28. The topological polar surface area (TPSA) is 142 Å². The molecule has 9 heteroatoms. The molecule has 0 bridgehead atoms. The van der Waals surface area contributed by atoms with Gasteiger partial charge in [0.15, 0.2) is 0 Å². The van der Waals surface area contributed by atoms with Crippen molar-refractivity contribution >= 4 is 17.6 Å². The van der Waals surface area contributed by atoms with Crippen LogP contribution in [0.1, 0.15) is 22.6 Å². The van der Waals surface area contributed by atoms with E-state index in [1.807, 2.05) is 37.3 Å². The third-order valence-electron chi connectivity index (χ3n) is 5.15. The van der Waals surface area contributed by atoms with Gasteiger partial charge in [0.1, 0.15) is 45.8 Å². The van der Waals surface area contributed by atoms with Crippen LogP contribution in [0.5, 0.6) is 11.5 Å². The normalized spacial score (nSPS) is 10.5. The second-order valence-electron chi connectivity index (χ2n) is 7.21. The molecule has 0 aliphatic carbocycles. The number of hydrogen-bond acceptors (Lipinski definition) is 9. The molecule has 2 aromatic carbocycles. The number of ether oxygens (including phenoxy) is 1. The first-order valence-electron chi connectivity index (χ1n) is 10.1. The van der Waals surface area contributed by atoms with E-state index in [1.165, 1.54) is 23.9 Å². The zero-order valence-electron chi connectivity index (χ0n) is 18.4. The van der Waals surface area contributed by atoms with Gasteiger partial charge in [-0.1, -0.05) is 36.0 Å². The Morgan fingerprint density at radius 2 is 1.76 bits per heavy atom. The van der Waals surface area contributed by atoms with Crippen molar-refractivity contribution in [2.75, 3.05) is 12.8 Å². The number of aryl methyl sites for hydroxylation is 1. The van der Waals surface area contributed by atoms with E-state index in [1.54, 1.807) is 19.2 Å². The Bertz CT molecular complexity index is 1450. The van der Waals surface area contributed by atoms with Gasteiger partial charge >= 0.3 is 0 Å². The van der Waals surface area contributed by atoms with E-state index in [-0.39, 0.29) is 22.7 Å². The molecule has 0 unspecified atom stereocenters. The summed E-state index contributed by atoms with van der Waals surface area (Å²) in [6, 6.07) is 17.9. The second kappa shape index (κ2) is 9.57. The average Bonchev–Trinajstić information content (AvgIpc) is 3.22. The lowest BCUT2D eigenvalue weighted by atomic mass is 9.97. The van der Waals surface area contributed by atoms with Crippen LogP contribution in [0.25, 0.3) is 22.6 Å². The number of methoxy groups -OCH3 is 1. The molecule has 0 saturated heterocycles. The number of pyridine rings is 1. The fourth-order valence-electron chi connectivity index (χ4n) is 3.45. The van der Waals surface area contributed by atoms with Gasteiger partial charge in [-0.05, 0) is 36.8 Å². The number of nitrogen functional groups attached to an aromatic ring is 1. The molecule has 2 aromatic heterocycles. The third kappa shape index (κ3) is 4.25. The summed E-state index contributed by atoms with van der Waals surface area (Å²) < 4.78 is 11.3. The van der Waals surface area contributed by atoms with Gasteiger partial charge in [-0.2, -0.15) is 10.5 Å². The summed E-state index contributed by atoms with van der Waals surface area (Å²) in [6.07, 6.45) is 0. The van der Waals surface area contributed by atoms with Crippen molar-refractivity contribution in [3.05, 3.63) is 71.1 Å². The molecule has 0 atom stereocenters. The van der Waals surface area contributed by atoms with Gasteiger partial charge < -0.3 is 20.0 Å². The molecular formula is C25H19N5O3S. The number of para-hydroxylation sites is 1. The lowest BCUT2D eigenvalue weighted by Gasteiger charge is -2.12. The predicted octanol–water partition coefficient (Wildman–Crippen LogP) is 5.04. The molecule has 168 valence electrons. The van der Waals surface area contributed by atoms with Crippen LogP contribution in [0.4, 0.5) is 5.82 Å². The number of aromatic nitrogens is 2. The molecule has 8 nitrogen and oxygen atoms in total. The molecule has 34 heavy (non-hydrogen) atoms. The predicted molar refractivity (Wildman–Crippen MR) is 128 cm³/mol. The number of rotatable bonds is 6. The average molecular weight is 470 g/mol. The van der Waals surface area contributed by atoms with Crippen LogP contribution in [0.3, 0.4) is 0 Å². The lowest BCUT2D eigenvalue weighted by Crippen LogP contribution is -2.03. The molecule has 3 N–H and O–H groups in total. The van der Waals surface area contributed by atoms with Gasteiger partial charge in [0.2, 0.25) is 5.89 Å². The first-order chi connectivity index (χ1) is 16.5. The van der Waals surface area contributed by atoms with Crippen LogP contribution < -0.4 is 10.5 Å². The number of aromatic hydroxyl groups is 1. The van der Waals surface area contributed by atoms with Crippen molar-refractivity contribution < 1.29 is 14.3 Å². The van der Waals surface area contributed by atoms with Crippen LogP contribution in [0, 0.1) is 29.6 Å². The summed E-state index contributed by atoms with van der Waals surface area (Å²) in [5, 5.41) is 29.6. The number of phenols is 1. The number of hydrogen-bond donors (Lipinski definition) is 2. The molecule has 0 aliphatic rings. The van der Waals surface area contributed by atoms with Gasteiger partial charge in [0.25, 0.3) is 0 Å². The van der Waals surface area contributed by atoms with Gasteiger partial charge in [-0.3, -0.25) is 0 Å². The van der Waals surface area contributed by atoms with Crippen LogP contribution in [-0.2, 0) is 5.75 Å². The quantitative estimate of drug-likeness (QED) is 0.371. The molecule has 0 spiro atoms. The van der Waals surface area contributed by atoms with E-state index in [0.717, 1.165) is 5.56 Å². The van der Waals surface area contributed by atoms with Crippen molar-refractivity contribution in [2.45, 2.75) is 17.7 Å². The first-order valence-corrected chi connectivity index (χ1v) is 11.1. The SMILES string of the molecule is COc1ccccc1-c1nc(CSc2nc(N)c(C#N)c(-c3ccc(O)cc3)c2C#N)c(C)o1. The molecular weight excluding hydrogens is 450 g/mol. The number of nitrogens with zero attached hydrogens (tertiary/aromatic N) is 4. The van der Waals surface area contributed by atoms with Gasteiger partial charge in [-0.15, -0.1) is 0 Å². The molecule has 4 aromatic rings. The summed E-state index contributed by atoms with van der Waals surface area (Å²) in [5.74, 6) is 2.18. The van der Waals surface area contributed by atoms with Crippen molar-refractivity contribution in [3.63, 3.8) is 0 Å². The Morgan fingerprint density at radius 1 is 1.06 bits per heavy atom. The number of benzene rings is 2. The number of nitrogens with two attached hydrogens (primary N) is 1. The number of oxazole rings is 1. The highest BCUT2D eigenvalue weighted by Crippen LogP contribution is 2.38. The van der Waals surface area contributed by atoms with E-state index in [4.69, 9.17) is 14.9 Å². The van der Waals surface area contributed by atoms with E-state index >= 15 is 0 Å². The van der Waals surface area contributed by atoms with Gasteiger partial charge in [-0.25, -0.2) is 9.97 Å². The number of anilines is 1. The number of thioether (sulfide) groups is 1. The molecule has 4 rings (SSSR count). The lowest BCUT2D eigenvalue weighted by molar-refractivity contribution is 0.414. The van der Waals surface area contributed by atoms with Crippen molar-refractivity contribution in [3.8, 4) is 46.2 Å². The largest absolute Gasteiger partial charge is 0.508 e.